The highest BCUT2D eigenvalue weighted by atomic mass is 19.1. The number of hydrogen-bond donors (Lipinski definition) is 0. The minimum atomic E-state index is -1.03. The van der Waals surface area contributed by atoms with Crippen molar-refractivity contribution in [2.24, 2.45) is 5.92 Å². The molecule has 1 atom stereocenters. The summed E-state index contributed by atoms with van der Waals surface area (Å²) in [6.07, 6.45) is 15.2. The van der Waals surface area contributed by atoms with Gasteiger partial charge in [0.1, 0.15) is 5.67 Å². The molecule has 0 amide bonds. The second kappa shape index (κ2) is 11.3. The Labute approximate surface area is 202 Å². The highest BCUT2D eigenvalue weighted by molar-refractivity contribution is 5.72. The van der Waals surface area contributed by atoms with Crippen molar-refractivity contribution in [1.29, 1.82) is 0 Å². The Morgan fingerprint density at radius 1 is 1.12 bits per heavy atom. The molecule has 1 saturated carbocycles. The van der Waals surface area contributed by atoms with Crippen molar-refractivity contribution in [2.45, 2.75) is 98.1 Å². The average molecular weight is 447 g/mol. The topological polar surface area (TPSA) is 0 Å². The maximum absolute atomic E-state index is 15.8. The Bertz CT molecular complexity index is 958. The number of rotatable bonds is 8. The van der Waals surface area contributed by atoms with Crippen LogP contribution in [0.5, 0.6) is 0 Å². The van der Waals surface area contributed by atoms with Crippen LogP contribution in [0, 0.1) is 12.8 Å². The predicted octanol–water partition coefficient (Wildman–Crippen LogP) is 10.0. The Morgan fingerprint density at radius 3 is 2.39 bits per heavy atom. The fourth-order valence-corrected chi connectivity index (χ4v) is 5.59. The van der Waals surface area contributed by atoms with Crippen molar-refractivity contribution >= 4 is 5.57 Å². The van der Waals surface area contributed by atoms with Gasteiger partial charge in [-0.3, -0.25) is 0 Å². The Balaban J connectivity index is 1.91. The number of halogens is 1. The summed E-state index contributed by atoms with van der Waals surface area (Å²) in [6, 6.07) is 8.76. The molecule has 0 aromatic heterocycles. The summed E-state index contributed by atoms with van der Waals surface area (Å²) in [5.41, 5.74) is 9.19. The molecule has 3 rings (SSSR count). The summed E-state index contributed by atoms with van der Waals surface area (Å²) in [5, 5.41) is 0. The Kier molecular flexibility index (Phi) is 8.74. The van der Waals surface area contributed by atoms with Crippen molar-refractivity contribution in [1.82, 2.24) is 0 Å². The molecule has 1 heteroatoms. The molecule has 0 N–H and O–H groups in total. The van der Waals surface area contributed by atoms with Crippen LogP contribution in [0.1, 0.15) is 96.6 Å². The molecule has 1 aromatic rings. The summed E-state index contributed by atoms with van der Waals surface area (Å²) in [5.74, 6) is 0.153. The van der Waals surface area contributed by atoms with Gasteiger partial charge < -0.3 is 0 Å². The molecule has 1 aromatic carbocycles. The number of aryl methyl sites for hydroxylation is 1. The van der Waals surface area contributed by atoms with Gasteiger partial charge in [0.2, 0.25) is 0 Å². The van der Waals surface area contributed by atoms with Gasteiger partial charge >= 0.3 is 0 Å². The van der Waals surface area contributed by atoms with Crippen LogP contribution in [0.4, 0.5) is 4.39 Å². The first-order valence-corrected chi connectivity index (χ1v) is 13.0. The molecule has 1 unspecified atom stereocenters. The third-order valence-corrected chi connectivity index (χ3v) is 7.69. The van der Waals surface area contributed by atoms with E-state index in [1.165, 1.54) is 45.4 Å². The fraction of sp³-hybridized carbons (Fsp3) is 0.500. The van der Waals surface area contributed by atoms with Crippen LogP contribution in [0.3, 0.4) is 0 Å². The lowest BCUT2D eigenvalue weighted by Gasteiger charge is -2.32. The molecule has 33 heavy (non-hydrogen) atoms. The average Bonchev–Trinajstić information content (AvgIpc) is 3.16. The quantitative estimate of drug-likeness (QED) is 0.348. The first-order valence-electron chi connectivity index (χ1n) is 13.0. The van der Waals surface area contributed by atoms with Crippen molar-refractivity contribution in [3.63, 3.8) is 0 Å². The molecule has 0 saturated heterocycles. The zero-order valence-corrected chi connectivity index (χ0v) is 21.6. The van der Waals surface area contributed by atoms with Gasteiger partial charge in [-0.25, -0.2) is 4.39 Å². The van der Waals surface area contributed by atoms with Gasteiger partial charge in [-0.1, -0.05) is 98.4 Å². The monoisotopic (exact) mass is 446 g/mol. The lowest BCUT2D eigenvalue weighted by Crippen LogP contribution is -2.28. The molecular weight excluding hydrogens is 403 g/mol. The van der Waals surface area contributed by atoms with Gasteiger partial charge in [0, 0.05) is 5.92 Å². The van der Waals surface area contributed by atoms with E-state index in [9.17, 15) is 0 Å². The molecule has 178 valence electrons. The summed E-state index contributed by atoms with van der Waals surface area (Å²) >= 11 is 0. The van der Waals surface area contributed by atoms with E-state index in [1.807, 2.05) is 0 Å². The first-order chi connectivity index (χ1) is 15.8. The second-order valence-electron chi connectivity index (χ2n) is 10.4. The van der Waals surface area contributed by atoms with E-state index in [0.717, 1.165) is 37.7 Å². The maximum Gasteiger partial charge on any atom is 0.112 e. The lowest BCUT2D eigenvalue weighted by molar-refractivity contribution is 0.0878. The van der Waals surface area contributed by atoms with Crippen LogP contribution in [-0.2, 0) is 0 Å². The van der Waals surface area contributed by atoms with Crippen LogP contribution < -0.4 is 0 Å². The van der Waals surface area contributed by atoms with E-state index in [1.54, 1.807) is 0 Å². The van der Waals surface area contributed by atoms with Crippen molar-refractivity contribution in [3.8, 4) is 0 Å². The van der Waals surface area contributed by atoms with E-state index in [4.69, 9.17) is 0 Å². The van der Waals surface area contributed by atoms with E-state index >= 15 is 4.39 Å². The van der Waals surface area contributed by atoms with Crippen LogP contribution in [-0.4, -0.2) is 5.67 Å². The van der Waals surface area contributed by atoms with E-state index in [0.29, 0.717) is 19.3 Å². The zero-order valence-electron chi connectivity index (χ0n) is 21.6. The molecule has 0 radical (unpaired) electrons. The molecule has 0 nitrogen and oxygen atoms in total. The lowest BCUT2D eigenvalue weighted by atomic mass is 9.78. The maximum atomic E-state index is 15.8. The fourth-order valence-electron chi connectivity index (χ4n) is 5.59. The normalized spacial score (nSPS) is 22.8. The van der Waals surface area contributed by atoms with Crippen LogP contribution in [0.25, 0.3) is 5.57 Å². The predicted molar refractivity (Wildman–Crippen MR) is 143 cm³/mol. The minimum Gasteiger partial charge on any atom is -0.244 e. The Morgan fingerprint density at radius 2 is 1.79 bits per heavy atom. The summed E-state index contributed by atoms with van der Waals surface area (Å²) in [6.45, 7) is 15.4. The van der Waals surface area contributed by atoms with Crippen LogP contribution >= 0.6 is 0 Å². The van der Waals surface area contributed by atoms with E-state index < -0.39 is 5.67 Å². The van der Waals surface area contributed by atoms with Crippen molar-refractivity contribution in [3.05, 3.63) is 88.1 Å². The largest absolute Gasteiger partial charge is 0.244 e. The van der Waals surface area contributed by atoms with Gasteiger partial charge in [-0.05, 0) is 87.7 Å². The van der Waals surface area contributed by atoms with Crippen molar-refractivity contribution in [2.75, 3.05) is 0 Å². The Hall–Kier alpha value is -2.15. The number of hydrogen-bond acceptors (Lipinski definition) is 0. The van der Waals surface area contributed by atoms with Gasteiger partial charge in [0.15, 0.2) is 0 Å². The SMILES string of the molecule is C=C(/C=C1\CC(c2ccc(C)cc2)=CC1CC1(F)CCCCC1)C(=C\C)/C(C)=C(/C)CCC. The smallest absolute Gasteiger partial charge is 0.112 e. The molecule has 0 spiro atoms. The molecule has 1 fully saturated rings. The third kappa shape index (κ3) is 6.46. The second-order valence-corrected chi connectivity index (χ2v) is 10.4. The van der Waals surface area contributed by atoms with Gasteiger partial charge in [0.25, 0.3) is 0 Å². The van der Waals surface area contributed by atoms with Crippen molar-refractivity contribution < 1.29 is 4.39 Å². The number of alkyl halides is 1. The molecule has 2 aliphatic rings. The zero-order chi connectivity index (χ0) is 24.0. The summed E-state index contributed by atoms with van der Waals surface area (Å²) in [7, 11) is 0. The highest BCUT2D eigenvalue weighted by Gasteiger charge is 2.36. The highest BCUT2D eigenvalue weighted by Crippen LogP contribution is 2.45. The first kappa shape index (κ1) is 25.5. The van der Waals surface area contributed by atoms with Gasteiger partial charge in [-0.2, -0.15) is 0 Å². The molecular formula is C32H43F. The van der Waals surface area contributed by atoms with Crippen LogP contribution in [0.15, 0.2) is 76.9 Å². The number of benzene rings is 1. The summed E-state index contributed by atoms with van der Waals surface area (Å²) in [4.78, 5) is 0. The van der Waals surface area contributed by atoms with E-state index in [2.05, 4.69) is 83.7 Å². The molecule has 0 aliphatic heterocycles. The summed E-state index contributed by atoms with van der Waals surface area (Å²) < 4.78 is 15.8. The molecule has 0 heterocycles. The number of allylic oxidation sites excluding steroid dienone is 9. The standard InChI is InChI=1S/C32H43F/c1-7-12-24(4)26(6)31(8-2)25(5)19-28-20-29(27-15-13-23(3)14-16-27)21-30(28)22-32(33)17-10-9-11-18-32/h8,13-16,19,21,30H,5,7,9-12,17-18,20,22H2,1-4,6H3/b26-24-,28-19+,31-8+. The molecule has 2 aliphatic carbocycles. The van der Waals surface area contributed by atoms with Gasteiger partial charge in [0.05, 0.1) is 0 Å². The van der Waals surface area contributed by atoms with Gasteiger partial charge in [-0.15, -0.1) is 0 Å². The van der Waals surface area contributed by atoms with Crippen LogP contribution in [0.2, 0.25) is 0 Å². The third-order valence-electron chi connectivity index (χ3n) is 7.69. The van der Waals surface area contributed by atoms with E-state index in [-0.39, 0.29) is 5.92 Å². The molecule has 0 bridgehead atoms. The minimum absolute atomic E-state index is 0.153.